The van der Waals surface area contributed by atoms with Crippen LogP contribution >= 0.6 is 0 Å². The SMILES string of the molecule is CC(C)(C)OC(=O)CCC(CO)NC(=O)c1cccc(CNC(=O)C2=CC3OC(c4ccccc4)(c4ccccc4)OC3C(OC(=O)c3ccccc3C=C3CCC4OC4(C)CCC4C3CC4(C)C)C2)c1. The molecule has 2 saturated carbocycles. The summed E-state index contributed by atoms with van der Waals surface area (Å²) in [5.41, 5.74) is 5.00. The number of hydrogen-bond donors (Lipinski definition) is 3. The first-order chi connectivity index (χ1) is 33.9. The Bertz CT molecular complexity index is 2630. The topological polar surface area (TPSA) is 162 Å². The summed E-state index contributed by atoms with van der Waals surface area (Å²) >= 11 is 0. The molecule has 4 aromatic rings. The van der Waals surface area contributed by atoms with Crippen LogP contribution in [0.3, 0.4) is 0 Å². The highest BCUT2D eigenvalue weighted by Crippen LogP contribution is 2.60. The summed E-state index contributed by atoms with van der Waals surface area (Å²) in [7, 11) is 0. The van der Waals surface area contributed by atoms with Crippen LogP contribution in [0.25, 0.3) is 6.08 Å². The van der Waals surface area contributed by atoms with Crippen LogP contribution in [0.2, 0.25) is 0 Å². The van der Waals surface area contributed by atoms with Gasteiger partial charge in [0.2, 0.25) is 11.7 Å². The van der Waals surface area contributed by atoms with Gasteiger partial charge in [0.05, 0.1) is 29.9 Å². The Balaban J connectivity index is 0.950. The summed E-state index contributed by atoms with van der Waals surface area (Å²) in [6.45, 7) is 12.1. The number of esters is 2. The first-order valence-electron chi connectivity index (χ1n) is 25.3. The third-order valence-corrected chi connectivity index (χ3v) is 15.2. The second-order valence-electron chi connectivity index (χ2n) is 21.9. The number of ether oxygens (including phenoxy) is 5. The second-order valence-corrected chi connectivity index (χ2v) is 21.9. The molecule has 3 N–H and O–H groups in total. The maximum atomic E-state index is 14.7. The molecule has 3 aliphatic carbocycles. The van der Waals surface area contributed by atoms with Crippen LogP contribution in [0, 0.1) is 17.3 Å². The maximum Gasteiger partial charge on any atom is 0.339 e. The van der Waals surface area contributed by atoms with Crippen LogP contribution in [0.5, 0.6) is 0 Å². The Labute approximate surface area is 417 Å². The lowest BCUT2D eigenvalue weighted by molar-refractivity contribution is -0.157. The summed E-state index contributed by atoms with van der Waals surface area (Å²) in [6.07, 6.45) is 7.21. The van der Waals surface area contributed by atoms with E-state index < -0.39 is 53.6 Å². The van der Waals surface area contributed by atoms with E-state index >= 15 is 0 Å². The quantitative estimate of drug-likeness (QED) is 0.0820. The summed E-state index contributed by atoms with van der Waals surface area (Å²) in [4.78, 5) is 54.7. The molecule has 2 amide bonds. The summed E-state index contributed by atoms with van der Waals surface area (Å²) < 4.78 is 32.2. The molecule has 374 valence electrons. The fraction of sp³-hybridized carbons (Fsp3) is 0.458. The summed E-state index contributed by atoms with van der Waals surface area (Å²) in [5.74, 6) is -2.14. The number of aliphatic hydroxyl groups excluding tert-OH is 1. The van der Waals surface area contributed by atoms with Crippen molar-refractivity contribution >= 4 is 29.8 Å². The normalized spacial score (nSPS) is 27.1. The van der Waals surface area contributed by atoms with Gasteiger partial charge >= 0.3 is 11.9 Å². The molecule has 9 rings (SSSR count). The van der Waals surface area contributed by atoms with E-state index in [1.54, 1.807) is 51.1 Å². The maximum absolute atomic E-state index is 14.7. The van der Waals surface area contributed by atoms with E-state index in [0.717, 1.165) is 48.8 Å². The van der Waals surface area contributed by atoms with Gasteiger partial charge in [0.25, 0.3) is 5.91 Å². The first-order valence-corrected chi connectivity index (χ1v) is 25.3. The third-order valence-electron chi connectivity index (χ3n) is 15.2. The van der Waals surface area contributed by atoms with Gasteiger partial charge in [0.1, 0.15) is 23.9 Å². The van der Waals surface area contributed by atoms with Gasteiger partial charge in [0, 0.05) is 41.6 Å². The zero-order valence-corrected chi connectivity index (χ0v) is 41.8. The Morgan fingerprint density at radius 3 is 2.24 bits per heavy atom. The van der Waals surface area contributed by atoms with Gasteiger partial charge in [0.15, 0.2) is 0 Å². The van der Waals surface area contributed by atoms with Crippen molar-refractivity contribution in [2.24, 2.45) is 17.3 Å². The predicted octanol–water partition coefficient (Wildman–Crippen LogP) is 9.53. The fourth-order valence-electron chi connectivity index (χ4n) is 11.3. The Morgan fingerprint density at radius 1 is 0.845 bits per heavy atom. The lowest BCUT2D eigenvalue weighted by atomic mass is 9.52. The van der Waals surface area contributed by atoms with Crippen molar-refractivity contribution in [3.8, 4) is 0 Å². The molecule has 2 heterocycles. The molecule has 4 aromatic carbocycles. The molecule has 0 bridgehead atoms. The van der Waals surface area contributed by atoms with Gasteiger partial charge < -0.3 is 39.4 Å². The molecule has 8 atom stereocenters. The number of rotatable bonds is 14. The number of nitrogens with one attached hydrogen (secondary N) is 2. The first kappa shape index (κ1) is 50.0. The monoisotopic (exact) mass is 964 g/mol. The van der Waals surface area contributed by atoms with Gasteiger partial charge in [-0.25, -0.2) is 4.79 Å². The van der Waals surface area contributed by atoms with Crippen molar-refractivity contribution in [1.29, 1.82) is 0 Å². The molecule has 12 heteroatoms. The molecule has 5 aliphatic rings. The second kappa shape index (κ2) is 20.3. The molecule has 0 spiro atoms. The highest BCUT2D eigenvalue weighted by atomic mass is 16.8. The Kier molecular flexibility index (Phi) is 14.3. The molecule has 12 nitrogen and oxygen atoms in total. The van der Waals surface area contributed by atoms with Crippen molar-refractivity contribution in [3.05, 3.63) is 160 Å². The Morgan fingerprint density at radius 2 is 1.55 bits per heavy atom. The van der Waals surface area contributed by atoms with Crippen LogP contribution in [-0.4, -0.2) is 77.1 Å². The van der Waals surface area contributed by atoms with E-state index in [1.807, 2.05) is 84.9 Å². The lowest BCUT2D eigenvalue weighted by Gasteiger charge is -2.53. The molecule has 2 aliphatic heterocycles. The van der Waals surface area contributed by atoms with E-state index in [1.165, 1.54) is 5.57 Å². The van der Waals surface area contributed by atoms with E-state index in [0.29, 0.717) is 34.1 Å². The van der Waals surface area contributed by atoms with E-state index in [2.05, 4.69) is 37.5 Å². The van der Waals surface area contributed by atoms with Crippen LogP contribution in [0.1, 0.15) is 136 Å². The fourth-order valence-corrected chi connectivity index (χ4v) is 11.3. The van der Waals surface area contributed by atoms with E-state index in [-0.39, 0.29) is 55.4 Å². The minimum Gasteiger partial charge on any atom is -0.460 e. The predicted molar refractivity (Wildman–Crippen MR) is 269 cm³/mol. The molecular formula is C59H68N2O10. The molecule has 0 aromatic heterocycles. The molecule has 4 fully saturated rings. The minimum atomic E-state index is -1.37. The number of hydrogen-bond acceptors (Lipinski definition) is 10. The average molecular weight is 965 g/mol. The van der Waals surface area contributed by atoms with Crippen molar-refractivity contribution in [2.75, 3.05) is 6.61 Å². The molecule has 0 radical (unpaired) electrons. The standard InChI is InChI=1S/C59H68N2O10/c1-56(2,3)70-51(63)27-25-44(36-62)61-54(65)40-18-15-16-37(30-40)35-60-53(64)41-32-48(52-49(33-41)68-59(71-52,42-19-9-7-10-20-42)43-21-11-8-12-22-43)67-55(66)45-23-14-13-17-38(45)31-39-24-26-50-58(6,69-50)29-28-47-46(39)34-57(47,4)5/h7-23,30-31,33,44,46-50,52,62H,24-29,32,34-36H2,1-6H3,(H,60,64)(H,61,65). The van der Waals surface area contributed by atoms with Crippen molar-refractivity contribution < 1.29 is 48.0 Å². The molecular weight excluding hydrogens is 897 g/mol. The highest BCUT2D eigenvalue weighted by molar-refractivity contribution is 5.96. The van der Waals surface area contributed by atoms with Crippen LogP contribution < -0.4 is 10.6 Å². The summed E-state index contributed by atoms with van der Waals surface area (Å²) in [6, 6.07) is 33.1. The van der Waals surface area contributed by atoms with Crippen molar-refractivity contribution in [3.63, 3.8) is 0 Å². The number of amides is 2. The number of allylic oxidation sites excluding steroid dienone is 1. The zero-order chi connectivity index (χ0) is 50.1. The number of fused-ring (bicyclic) bond motifs is 3. The number of carbonyl (C=O) groups excluding carboxylic acids is 4. The van der Waals surface area contributed by atoms with Crippen molar-refractivity contribution in [1.82, 2.24) is 10.6 Å². The van der Waals surface area contributed by atoms with E-state index in [9.17, 15) is 24.3 Å². The van der Waals surface area contributed by atoms with Gasteiger partial charge in [-0.3, -0.25) is 14.4 Å². The number of carbonyl (C=O) groups is 4. The molecule has 2 saturated heterocycles. The number of epoxide rings is 1. The number of aliphatic hydroxyl groups is 1. The smallest absolute Gasteiger partial charge is 0.339 e. The van der Waals surface area contributed by atoms with E-state index in [4.69, 9.17) is 23.7 Å². The third kappa shape index (κ3) is 11.1. The zero-order valence-electron chi connectivity index (χ0n) is 41.8. The summed E-state index contributed by atoms with van der Waals surface area (Å²) in [5, 5.41) is 15.8. The van der Waals surface area contributed by atoms with Crippen LogP contribution in [0.15, 0.2) is 126 Å². The van der Waals surface area contributed by atoms with Gasteiger partial charge in [-0.15, -0.1) is 0 Å². The van der Waals surface area contributed by atoms with Gasteiger partial charge in [-0.1, -0.05) is 116 Å². The molecule has 71 heavy (non-hydrogen) atoms. The largest absolute Gasteiger partial charge is 0.460 e. The van der Waals surface area contributed by atoms with Gasteiger partial charge in [-0.05, 0) is 119 Å². The Hall–Kier alpha value is -5.92. The minimum absolute atomic E-state index is 0.0321. The van der Waals surface area contributed by atoms with Crippen molar-refractivity contribution in [2.45, 2.75) is 147 Å². The molecule has 8 unspecified atom stereocenters. The van der Waals surface area contributed by atoms with Crippen LogP contribution in [-0.2, 0) is 45.6 Å². The highest BCUT2D eigenvalue weighted by Gasteiger charge is 2.57. The van der Waals surface area contributed by atoms with Gasteiger partial charge in [-0.2, -0.15) is 0 Å². The average Bonchev–Trinajstić information content (AvgIpc) is 3.81. The number of benzene rings is 4. The van der Waals surface area contributed by atoms with Crippen LogP contribution in [0.4, 0.5) is 0 Å². The lowest BCUT2D eigenvalue weighted by Crippen LogP contribution is -2.45.